The zero-order chi connectivity index (χ0) is 48.5. The predicted octanol–water partition coefficient (Wildman–Crippen LogP) is 18.7. The van der Waals surface area contributed by atoms with Crippen LogP contribution in [0.5, 0.6) is 0 Å². The van der Waals surface area contributed by atoms with Crippen LogP contribution in [0.4, 0.5) is 17.1 Å². The fourth-order valence-corrected chi connectivity index (χ4v) is 13.5. The first-order valence-corrected chi connectivity index (χ1v) is 25.9. The van der Waals surface area contributed by atoms with E-state index in [0.717, 1.165) is 56.8 Å². The van der Waals surface area contributed by atoms with Gasteiger partial charge >= 0.3 is 0 Å². The molecule has 11 aromatic carbocycles. The molecule has 0 radical (unpaired) electrons. The first-order valence-electron chi connectivity index (χ1n) is 25.9. The molecule has 3 aliphatic carbocycles. The molecule has 346 valence electrons. The molecule has 1 spiro atoms. The topological polar surface area (TPSA) is 21.3 Å². The smallest absolute Gasteiger partial charge is 0.142 e. The molecular weight excluding hydrogens is 897 g/mol. The van der Waals surface area contributed by atoms with Gasteiger partial charge in [-0.25, -0.2) is 0 Å². The summed E-state index contributed by atoms with van der Waals surface area (Å²) in [5, 5.41) is 5.99. The summed E-state index contributed by atoms with van der Waals surface area (Å²) in [5.41, 5.74) is 22.5. The zero-order valence-corrected chi connectivity index (χ0v) is 40.4. The Morgan fingerprint density at radius 1 is 0.432 bits per heavy atom. The summed E-state index contributed by atoms with van der Waals surface area (Å²) >= 11 is 0. The third-order valence-corrected chi connectivity index (χ3v) is 16.6. The maximum absolute atomic E-state index is 7.13. The molecule has 1 unspecified atom stereocenters. The van der Waals surface area contributed by atoms with Gasteiger partial charge in [0, 0.05) is 50.0 Å². The first-order chi connectivity index (χ1) is 36.7. The van der Waals surface area contributed by atoms with Gasteiger partial charge in [-0.3, -0.25) is 0 Å². The van der Waals surface area contributed by atoms with Gasteiger partial charge in [0.25, 0.3) is 0 Å². The fraction of sp³-hybridized carbons (Fsp3) is 0.0423. The molecule has 16 rings (SSSR count). The van der Waals surface area contributed by atoms with Crippen LogP contribution < -0.4 is 4.90 Å². The maximum Gasteiger partial charge on any atom is 0.142 e. The monoisotopic (exact) mass is 942 g/mol. The number of nitrogens with zero attached hydrogens (tertiary/aromatic N) is 2. The Labute approximate surface area is 429 Å². The van der Waals surface area contributed by atoms with Crippen molar-refractivity contribution in [1.82, 2.24) is 4.57 Å². The minimum Gasteiger partial charge on any atom is -0.459 e. The zero-order valence-electron chi connectivity index (χ0n) is 40.4. The number of rotatable bonds is 6. The van der Waals surface area contributed by atoms with Gasteiger partial charge < -0.3 is 13.9 Å². The van der Waals surface area contributed by atoms with E-state index in [2.05, 4.69) is 270 Å². The summed E-state index contributed by atoms with van der Waals surface area (Å²) in [6.07, 6.45) is 5.44. The highest BCUT2D eigenvalue weighted by molar-refractivity contribution is 6.10. The Hall–Kier alpha value is -9.44. The van der Waals surface area contributed by atoms with Crippen molar-refractivity contribution in [3.8, 4) is 39.1 Å². The summed E-state index contributed by atoms with van der Waals surface area (Å²) in [6, 6.07) is 92.2. The average Bonchev–Trinajstić information content (AvgIpc) is 4.24. The largest absolute Gasteiger partial charge is 0.459 e. The first kappa shape index (κ1) is 41.2. The van der Waals surface area contributed by atoms with Crippen LogP contribution >= 0.6 is 0 Å². The average molecular weight is 943 g/mol. The number of anilines is 3. The van der Waals surface area contributed by atoms with Crippen LogP contribution in [0, 0.1) is 0 Å². The third-order valence-electron chi connectivity index (χ3n) is 16.6. The molecule has 0 saturated heterocycles. The molecule has 3 heteroatoms. The van der Waals surface area contributed by atoms with Crippen LogP contribution in [0.1, 0.15) is 51.5 Å². The quantitative estimate of drug-likeness (QED) is 0.166. The molecule has 2 aromatic heterocycles. The Balaban J connectivity index is 0.909. The van der Waals surface area contributed by atoms with Gasteiger partial charge in [-0.15, -0.1) is 0 Å². The summed E-state index contributed by atoms with van der Waals surface area (Å²) in [6.45, 7) is 0. The van der Waals surface area contributed by atoms with Crippen molar-refractivity contribution >= 4 is 66.7 Å². The fourth-order valence-electron chi connectivity index (χ4n) is 13.5. The second-order valence-electron chi connectivity index (χ2n) is 20.2. The van der Waals surface area contributed by atoms with E-state index in [1.54, 1.807) is 0 Å². The third kappa shape index (κ3) is 5.67. The summed E-state index contributed by atoms with van der Waals surface area (Å²) < 4.78 is 9.56. The van der Waals surface area contributed by atoms with Gasteiger partial charge in [0.05, 0.1) is 27.8 Å². The van der Waals surface area contributed by atoms with E-state index in [-0.39, 0.29) is 5.92 Å². The highest BCUT2D eigenvalue weighted by Crippen LogP contribution is 2.63. The molecule has 3 aliphatic rings. The normalized spacial score (nSPS) is 14.6. The number of benzene rings is 11. The highest BCUT2D eigenvalue weighted by Gasteiger charge is 2.51. The summed E-state index contributed by atoms with van der Waals surface area (Å²) in [7, 11) is 0. The summed E-state index contributed by atoms with van der Waals surface area (Å²) in [5.74, 6) is 1.00. The Bertz CT molecular complexity index is 4370. The maximum atomic E-state index is 7.13. The lowest BCUT2D eigenvalue weighted by Gasteiger charge is -2.33. The van der Waals surface area contributed by atoms with E-state index in [4.69, 9.17) is 4.42 Å². The number of hydrogen-bond donors (Lipinski definition) is 0. The molecular formula is C71H46N2O. The molecule has 0 aliphatic heterocycles. The van der Waals surface area contributed by atoms with E-state index < -0.39 is 5.41 Å². The molecule has 2 heterocycles. The van der Waals surface area contributed by atoms with Gasteiger partial charge in [0.2, 0.25) is 0 Å². The van der Waals surface area contributed by atoms with Crippen molar-refractivity contribution < 1.29 is 4.42 Å². The van der Waals surface area contributed by atoms with E-state index >= 15 is 0 Å². The second-order valence-corrected chi connectivity index (χ2v) is 20.2. The summed E-state index contributed by atoms with van der Waals surface area (Å²) in [4.78, 5) is 2.51. The lowest BCUT2D eigenvalue weighted by atomic mass is 9.70. The van der Waals surface area contributed by atoms with Crippen LogP contribution in [-0.2, 0) is 5.41 Å². The Kier molecular flexibility index (Phi) is 8.79. The highest BCUT2D eigenvalue weighted by atomic mass is 16.3. The molecule has 0 fully saturated rings. The molecule has 0 amide bonds. The molecule has 13 aromatic rings. The number of para-hydroxylation sites is 4. The van der Waals surface area contributed by atoms with Gasteiger partial charge in [-0.1, -0.05) is 206 Å². The van der Waals surface area contributed by atoms with Gasteiger partial charge in [0.1, 0.15) is 11.3 Å². The SMILES string of the molecule is C1=Cc2c(oc3c2ccc2ccccc23)C(c2ccccc2N(c2ccc(-c3ccccc3-n3c4ccccc4c4ccccc43)cc2)c2ccc3c(c2)C2(c4ccccc4-c4ccccc42)c2ccccc2-3)C1. The standard InChI is InChI=1S/C71H46N2O/c1-2-20-50-45(18-1)38-42-60-59-28-17-27-58(70(59)74-69(50)60)57-26-9-14-33-66(57)72(47-39-36-46(37-40-47)49-19-6-13-32-65(49)73-67-34-15-7-24-55(67)56-25-8-16-35-68(56)73)48-41-43-54-53-23-5-12-31-63(53)71(64(54)44-48)61-29-10-3-21-51(61)52-22-4-11-30-62(52)71/h1-26,28-44,58H,27H2. The van der Waals surface area contributed by atoms with Crippen LogP contribution in [0.25, 0.3) is 88.7 Å². The number of fused-ring (bicyclic) bond motifs is 18. The Morgan fingerprint density at radius 3 is 1.69 bits per heavy atom. The number of furan rings is 1. The van der Waals surface area contributed by atoms with Crippen molar-refractivity contribution in [2.75, 3.05) is 4.90 Å². The van der Waals surface area contributed by atoms with Crippen LogP contribution in [0.15, 0.2) is 259 Å². The van der Waals surface area contributed by atoms with Gasteiger partial charge in [-0.2, -0.15) is 0 Å². The lowest BCUT2D eigenvalue weighted by Crippen LogP contribution is -2.26. The molecule has 3 nitrogen and oxygen atoms in total. The lowest BCUT2D eigenvalue weighted by molar-refractivity contribution is 0.519. The number of hydrogen-bond acceptors (Lipinski definition) is 2. The van der Waals surface area contributed by atoms with Crippen molar-refractivity contribution in [1.29, 1.82) is 0 Å². The minimum atomic E-state index is -0.485. The number of allylic oxidation sites excluding steroid dienone is 1. The van der Waals surface area contributed by atoms with Crippen molar-refractivity contribution in [3.05, 3.63) is 294 Å². The van der Waals surface area contributed by atoms with Crippen molar-refractivity contribution in [2.24, 2.45) is 0 Å². The minimum absolute atomic E-state index is 0.0177. The molecule has 74 heavy (non-hydrogen) atoms. The van der Waals surface area contributed by atoms with E-state index in [9.17, 15) is 0 Å². The van der Waals surface area contributed by atoms with Crippen LogP contribution in [-0.4, -0.2) is 4.57 Å². The molecule has 0 N–H and O–H groups in total. The van der Waals surface area contributed by atoms with E-state index in [1.165, 1.54) is 88.4 Å². The van der Waals surface area contributed by atoms with Crippen LogP contribution in [0.2, 0.25) is 0 Å². The van der Waals surface area contributed by atoms with E-state index in [1.807, 2.05) is 0 Å². The molecule has 0 saturated carbocycles. The van der Waals surface area contributed by atoms with Gasteiger partial charge in [-0.05, 0) is 122 Å². The van der Waals surface area contributed by atoms with Crippen molar-refractivity contribution in [2.45, 2.75) is 17.8 Å². The molecule has 1 atom stereocenters. The Morgan fingerprint density at radius 2 is 0.986 bits per heavy atom. The van der Waals surface area contributed by atoms with E-state index in [0.29, 0.717) is 0 Å². The van der Waals surface area contributed by atoms with Crippen molar-refractivity contribution in [3.63, 3.8) is 0 Å². The number of aromatic nitrogens is 1. The van der Waals surface area contributed by atoms with Gasteiger partial charge in [0.15, 0.2) is 0 Å². The van der Waals surface area contributed by atoms with Crippen LogP contribution in [0.3, 0.4) is 0 Å². The second kappa shape index (κ2) is 15.8. The predicted molar refractivity (Wildman–Crippen MR) is 306 cm³/mol. The molecule has 0 bridgehead atoms.